The lowest BCUT2D eigenvalue weighted by molar-refractivity contribution is -0.120. The van der Waals surface area contributed by atoms with Crippen molar-refractivity contribution in [2.45, 2.75) is 6.92 Å². The molecule has 2 aromatic rings. The molecule has 2 rings (SSSR count). The van der Waals surface area contributed by atoms with Gasteiger partial charge in [0, 0.05) is 4.47 Å². The molecule has 0 heterocycles. The summed E-state index contributed by atoms with van der Waals surface area (Å²) in [5.41, 5.74) is 4.80. The number of nitrogens with zero attached hydrogens (tertiary/aromatic N) is 1. The first-order valence-electron chi connectivity index (χ1n) is 7.64. The first-order chi connectivity index (χ1) is 12.1. The van der Waals surface area contributed by atoms with E-state index in [4.69, 9.17) is 0 Å². The summed E-state index contributed by atoms with van der Waals surface area (Å²) < 4.78 is 0.674. The van der Waals surface area contributed by atoms with Gasteiger partial charge in [0.15, 0.2) is 0 Å². The monoisotopic (exact) mass is 399 g/mol. The lowest BCUT2D eigenvalue weighted by atomic mass is 10.1. The molecule has 0 fully saturated rings. The van der Waals surface area contributed by atoms with Crippen LogP contribution in [0.5, 0.6) is 0 Å². The van der Waals surface area contributed by atoms with E-state index in [2.05, 4.69) is 31.8 Å². The lowest BCUT2D eigenvalue weighted by Gasteiger charge is -2.05. The van der Waals surface area contributed by atoms with Crippen molar-refractivity contribution in [3.05, 3.63) is 75.8 Å². The summed E-state index contributed by atoms with van der Waals surface area (Å²) in [5, 5.41) is 6.43. The van der Waals surface area contributed by atoms with Gasteiger partial charge in [0.1, 0.15) is 0 Å². The molecule has 0 radical (unpaired) electrons. The highest BCUT2D eigenvalue weighted by molar-refractivity contribution is 9.10. The molecule has 2 aromatic carbocycles. The number of carbonyl (C=O) groups excluding carboxylic acids is 2. The van der Waals surface area contributed by atoms with Gasteiger partial charge >= 0.3 is 0 Å². The van der Waals surface area contributed by atoms with Crippen molar-refractivity contribution in [2.75, 3.05) is 6.54 Å². The van der Waals surface area contributed by atoms with Gasteiger partial charge in [0.25, 0.3) is 11.8 Å². The standard InChI is InChI=1S/C19H18BrN3O2/c1-14(11-15-7-3-2-4-8-15)12-22-23-18(24)13-21-19(25)16-9-5-6-10-17(16)20/h2-12H,13H2,1H3,(H,21,25)(H,23,24)/b14-11+,22-12?. The van der Waals surface area contributed by atoms with E-state index in [0.29, 0.717) is 10.0 Å². The second-order valence-electron chi connectivity index (χ2n) is 5.25. The van der Waals surface area contributed by atoms with Crippen LogP contribution in [0.15, 0.2) is 69.7 Å². The molecule has 5 nitrogen and oxygen atoms in total. The smallest absolute Gasteiger partial charge is 0.259 e. The largest absolute Gasteiger partial charge is 0.343 e. The van der Waals surface area contributed by atoms with Crippen LogP contribution < -0.4 is 10.7 Å². The van der Waals surface area contributed by atoms with Crippen molar-refractivity contribution >= 4 is 40.0 Å². The number of hydrogen-bond acceptors (Lipinski definition) is 3. The minimum Gasteiger partial charge on any atom is -0.343 e. The highest BCUT2D eigenvalue weighted by atomic mass is 79.9. The first-order valence-corrected chi connectivity index (χ1v) is 8.43. The molecular formula is C19H18BrN3O2. The summed E-state index contributed by atoms with van der Waals surface area (Å²) >= 11 is 3.30. The third-order valence-electron chi connectivity index (χ3n) is 3.18. The average Bonchev–Trinajstić information content (AvgIpc) is 2.61. The zero-order valence-electron chi connectivity index (χ0n) is 13.7. The zero-order valence-corrected chi connectivity index (χ0v) is 15.3. The SMILES string of the molecule is C/C(C=NNC(=O)CNC(=O)c1ccccc1Br)=C\c1ccccc1. The predicted molar refractivity (Wildman–Crippen MR) is 103 cm³/mol. The Kier molecular flexibility index (Phi) is 7.10. The number of allylic oxidation sites excluding steroid dienone is 1. The Balaban J connectivity index is 1.80. The van der Waals surface area contributed by atoms with E-state index in [1.54, 1.807) is 24.4 Å². The van der Waals surface area contributed by atoms with Gasteiger partial charge in [-0.2, -0.15) is 5.10 Å². The van der Waals surface area contributed by atoms with Gasteiger partial charge < -0.3 is 5.32 Å². The molecule has 6 heteroatoms. The minimum atomic E-state index is -0.399. The van der Waals surface area contributed by atoms with E-state index in [9.17, 15) is 9.59 Å². The Morgan fingerprint density at radius 3 is 2.48 bits per heavy atom. The molecule has 2 N–H and O–H groups in total. The molecule has 2 amide bonds. The maximum atomic E-state index is 12.0. The van der Waals surface area contributed by atoms with Crippen LogP contribution in [0.25, 0.3) is 6.08 Å². The minimum absolute atomic E-state index is 0.154. The molecular weight excluding hydrogens is 382 g/mol. The lowest BCUT2D eigenvalue weighted by Crippen LogP contribution is -2.35. The molecule has 0 aromatic heterocycles. The van der Waals surface area contributed by atoms with Crippen molar-refractivity contribution in [3.63, 3.8) is 0 Å². The summed E-state index contributed by atoms with van der Waals surface area (Å²) in [7, 11) is 0. The fourth-order valence-electron chi connectivity index (χ4n) is 2.00. The molecule has 0 aliphatic carbocycles. The van der Waals surface area contributed by atoms with Crippen LogP contribution in [-0.2, 0) is 4.79 Å². The van der Waals surface area contributed by atoms with Crippen molar-refractivity contribution in [1.82, 2.24) is 10.7 Å². The summed E-state index contributed by atoms with van der Waals surface area (Å²) in [5.74, 6) is -0.726. The van der Waals surface area contributed by atoms with Gasteiger partial charge in [-0.15, -0.1) is 0 Å². The Bertz CT molecular complexity index is 801. The molecule has 0 aliphatic rings. The number of rotatable bonds is 6. The molecule has 25 heavy (non-hydrogen) atoms. The summed E-state index contributed by atoms with van der Waals surface area (Å²) in [6, 6.07) is 16.8. The molecule has 0 unspecified atom stereocenters. The van der Waals surface area contributed by atoms with Crippen LogP contribution >= 0.6 is 15.9 Å². The van der Waals surface area contributed by atoms with Crippen LogP contribution in [0.4, 0.5) is 0 Å². The van der Waals surface area contributed by atoms with E-state index >= 15 is 0 Å². The highest BCUT2D eigenvalue weighted by Crippen LogP contribution is 2.15. The van der Waals surface area contributed by atoms with Crippen molar-refractivity contribution in [1.29, 1.82) is 0 Å². The van der Waals surface area contributed by atoms with E-state index in [0.717, 1.165) is 11.1 Å². The number of halogens is 1. The van der Waals surface area contributed by atoms with Gasteiger partial charge in [-0.05, 0) is 46.1 Å². The van der Waals surface area contributed by atoms with Crippen molar-refractivity contribution < 1.29 is 9.59 Å². The van der Waals surface area contributed by atoms with Crippen LogP contribution in [0, 0.1) is 0 Å². The number of carbonyl (C=O) groups is 2. The summed E-state index contributed by atoms with van der Waals surface area (Å²) in [6.07, 6.45) is 3.50. The number of hydrogen-bond donors (Lipinski definition) is 2. The number of hydrazone groups is 1. The van der Waals surface area contributed by atoms with Crippen LogP contribution in [0.2, 0.25) is 0 Å². The topological polar surface area (TPSA) is 70.6 Å². The van der Waals surface area contributed by atoms with Crippen molar-refractivity contribution in [2.24, 2.45) is 5.10 Å². The molecule has 0 atom stereocenters. The van der Waals surface area contributed by atoms with Gasteiger partial charge in [0.05, 0.1) is 18.3 Å². The first kappa shape index (κ1) is 18.6. The fourth-order valence-corrected chi connectivity index (χ4v) is 2.46. The summed E-state index contributed by atoms with van der Waals surface area (Å²) in [6.45, 7) is 1.73. The maximum Gasteiger partial charge on any atom is 0.259 e. The summed E-state index contributed by atoms with van der Waals surface area (Å²) in [4.78, 5) is 23.7. The van der Waals surface area contributed by atoms with Crippen LogP contribution in [0.3, 0.4) is 0 Å². The Morgan fingerprint density at radius 1 is 1.08 bits per heavy atom. The molecule has 0 aliphatic heterocycles. The van der Waals surface area contributed by atoms with Crippen LogP contribution in [-0.4, -0.2) is 24.6 Å². The van der Waals surface area contributed by atoms with Gasteiger partial charge in [-0.3, -0.25) is 9.59 Å². The molecule has 0 spiro atoms. The predicted octanol–water partition coefficient (Wildman–Crippen LogP) is 3.38. The van der Waals surface area contributed by atoms with E-state index in [1.165, 1.54) is 0 Å². The quantitative estimate of drug-likeness (QED) is 0.577. The highest BCUT2D eigenvalue weighted by Gasteiger charge is 2.10. The van der Waals surface area contributed by atoms with Crippen molar-refractivity contribution in [3.8, 4) is 0 Å². The average molecular weight is 400 g/mol. The van der Waals surface area contributed by atoms with E-state index < -0.39 is 5.91 Å². The van der Waals surface area contributed by atoms with Gasteiger partial charge in [-0.1, -0.05) is 48.5 Å². The molecule has 0 saturated heterocycles. The van der Waals surface area contributed by atoms with Gasteiger partial charge in [0.2, 0.25) is 0 Å². The number of benzene rings is 2. The normalized spacial score (nSPS) is 11.4. The Morgan fingerprint density at radius 2 is 1.76 bits per heavy atom. The third kappa shape index (κ3) is 6.35. The number of amides is 2. The molecule has 0 saturated carbocycles. The molecule has 0 bridgehead atoms. The molecule has 128 valence electrons. The third-order valence-corrected chi connectivity index (χ3v) is 3.87. The number of nitrogens with one attached hydrogen (secondary N) is 2. The van der Waals surface area contributed by atoms with E-state index in [-0.39, 0.29) is 12.5 Å². The fraction of sp³-hybridized carbons (Fsp3) is 0.105. The van der Waals surface area contributed by atoms with Crippen LogP contribution in [0.1, 0.15) is 22.8 Å². The van der Waals surface area contributed by atoms with Gasteiger partial charge in [-0.25, -0.2) is 5.43 Å². The zero-order chi connectivity index (χ0) is 18.1. The second kappa shape index (κ2) is 9.54. The Hall–Kier alpha value is -2.73. The van der Waals surface area contributed by atoms with E-state index in [1.807, 2.05) is 49.4 Å². The Labute approximate surface area is 155 Å². The maximum absolute atomic E-state index is 12.0. The second-order valence-corrected chi connectivity index (χ2v) is 6.11.